The Morgan fingerprint density at radius 1 is 1.27 bits per heavy atom. The van der Waals surface area contributed by atoms with Crippen LogP contribution in [0.2, 0.25) is 0 Å². The molecule has 7 heteroatoms. The summed E-state index contributed by atoms with van der Waals surface area (Å²) < 4.78 is 19.8. The molecule has 2 N–H and O–H groups in total. The standard InChI is InChI=1S/C19H16FN3O3/c1-26-17-7-2-11(8-16(17)24)14-9-18(25)22-19-15(14)10-21-23(19)13-5-3-12(20)4-6-13/h2-8,10,14,24H,9H2,1H3,(H,22,25)/t14-/m0/s1. The molecule has 1 aliphatic heterocycles. The summed E-state index contributed by atoms with van der Waals surface area (Å²) in [4.78, 5) is 12.3. The highest BCUT2D eigenvalue weighted by atomic mass is 19.1. The van der Waals surface area contributed by atoms with Crippen LogP contribution in [0.1, 0.15) is 23.5 Å². The van der Waals surface area contributed by atoms with Crippen LogP contribution in [0.4, 0.5) is 10.2 Å². The first-order valence-corrected chi connectivity index (χ1v) is 8.07. The molecular formula is C19H16FN3O3. The minimum Gasteiger partial charge on any atom is -0.504 e. The molecule has 0 fully saturated rings. The first kappa shape index (κ1) is 16.1. The smallest absolute Gasteiger partial charge is 0.226 e. The summed E-state index contributed by atoms with van der Waals surface area (Å²) in [6.45, 7) is 0. The summed E-state index contributed by atoms with van der Waals surface area (Å²) in [7, 11) is 1.48. The van der Waals surface area contributed by atoms with Crippen molar-refractivity contribution in [1.82, 2.24) is 9.78 Å². The lowest BCUT2D eigenvalue weighted by molar-refractivity contribution is -0.116. The lowest BCUT2D eigenvalue weighted by Crippen LogP contribution is -2.24. The van der Waals surface area contributed by atoms with Crippen LogP contribution < -0.4 is 10.1 Å². The number of carbonyl (C=O) groups excluding carboxylic acids is 1. The van der Waals surface area contributed by atoms with E-state index in [1.165, 1.54) is 19.2 Å². The van der Waals surface area contributed by atoms with Gasteiger partial charge < -0.3 is 15.2 Å². The van der Waals surface area contributed by atoms with Gasteiger partial charge in [-0.1, -0.05) is 6.07 Å². The van der Waals surface area contributed by atoms with E-state index in [-0.39, 0.29) is 29.8 Å². The van der Waals surface area contributed by atoms with Crippen molar-refractivity contribution in [3.05, 3.63) is 65.6 Å². The van der Waals surface area contributed by atoms with E-state index in [0.717, 1.165) is 11.1 Å². The molecule has 132 valence electrons. The third-order valence-electron chi connectivity index (χ3n) is 4.50. The van der Waals surface area contributed by atoms with E-state index in [2.05, 4.69) is 10.4 Å². The van der Waals surface area contributed by atoms with Crippen molar-refractivity contribution in [3.63, 3.8) is 0 Å². The fourth-order valence-electron chi connectivity index (χ4n) is 3.22. The monoisotopic (exact) mass is 353 g/mol. The number of ether oxygens (including phenoxy) is 1. The van der Waals surface area contributed by atoms with Gasteiger partial charge in [-0.25, -0.2) is 9.07 Å². The van der Waals surface area contributed by atoms with Crippen molar-refractivity contribution in [3.8, 4) is 17.2 Å². The first-order valence-electron chi connectivity index (χ1n) is 8.07. The Morgan fingerprint density at radius 2 is 2.04 bits per heavy atom. The van der Waals surface area contributed by atoms with Gasteiger partial charge in [0.1, 0.15) is 11.6 Å². The van der Waals surface area contributed by atoms with Crippen molar-refractivity contribution in [2.45, 2.75) is 12.3 Å². The number of amides is 1. The van der Waals surface area contributed by atoms with E-state index in [1.807, 2.05) is 6.07 Å². The predicted molar refractivity (Wildman–Crippen MR) is 93.3 cm³/mol. The molecule has 0 spiro atoms. The van der Waals surface area contributed by atoms with Gasteiger partial charge in [0.15, 0.2) is 11.5 Å². The zero-order valence-electron chi connectivity index (χ0n) is 13.9. The summed E-state index contributed by atoms with van der Waals surface area (Å²) in [5, 5.41) is 17.3. The average Bonchev–Trinajstić information content (AvgIpc) is 3.05. The fraction of sp³-hybridized carbons (Fsp3) is 0.158. The molecular weight excluding hydrogens is 337 g/mol. The summed E-state index contributed by atoms with van der Waals surface area (Å²) >= 11 is 0. The second-order valence-corrected chi connectivity index (χ2v) is 6.07. The minimum absolute atomic E-state index is 0.0171. The largest absolute Gasteiger partial charge is 0.504 e. The van der Waals surface area contributed by atoms with Crippen LogP contribution in [0.3, 0.4) is 0 Å². The Balaban J connectivity index is 1.78. The van der Waals surface area contributed by atoms with Crippen molar-refractivity contribution in [2.75, 3.05) is 12.4 Å². The fourth-order valence-corrected chi connectivity index (χ4v) is 3.22. The van der Waals surface area contributed by atoms with Crippen LogP contribution in [0.15, 0.2) is 48.7 Å². The molecule has 0 aliphatic carbocycles. The number of nitrogens with zero attached hydrogens (tertiary/aromatic N) is 2. The van der Waals surface area contributed by atoms with Gasteiger partial charge in [-0.15, -0.1) is 0 Å². The van der Waals surface area contributed by atoms with Gasteiger partial charge in [-0.05, 0) is 42.0 Å². The van der Waals surface area contributed by atoms with Crippen molar-refractivity contribution >= 4 is 11.7 Å². The molecule has 6 nitrogen and oxygen atoms in total. The molecule has 2 aromatic carbocycles. The highest BCUT2D eigenvalue weighted by Crippen LogP contribution is 2.40. The number of rotatable bonds is 3. The van der Waals surface area contributed by atoms with Crippen LogP contribution >= 0.6 is 0 Å². The Bertz CT molecular complexity index is 982. The number of carbonyl (C=O) groups is 1. The molecule has 0 saturated carbocycles. The topological polar surface area (TPSA) is 76.4 Å². The SMILES string of the molecule is COc1ccc([C@@H]2CC(=O)Nc3c2cnn3-c2ccc(F)cc2)cc1O. The Hall–Kier alpha value is -3.35. The number of anilines is 1. The second kappa shape index (κ2) is 6.18. The van der Waals surface area contributed by atoms with E-state index in [9.17, 15) is 14.3 Å². The molecule has 3 aromatic rings. The molecule has 2 heterocycles. The van der Waals surface area contributed by atoms with Gasteiger partial charge in [0.05, 0.1) is 19.0 Å². The van der Waals surface area contributed by atoms with Crippen molar-refractivity contribution < 1.29 is 19.0 Å². The maximum Gasteiger partial charge on any atom is 0.226 e. The lowest BCUT2D eigenvalue weighted by Gasteiger charge is -2.24. The van der Waals surface area contributed by atoms with E-state index in [1.54, 1.807) is 35.1 Å². The molecule has 0 saturated heterocycles. The van der Waals surface area contributed by atoms with Crippen LogP contribution in [0.5, 0.6) is 11.5 Å². The minimum atomic E-state index is -0.342. The molecule has 1 amide bonds. The third-order valence-corrected chi connectivity index (χ3v) is 4.50. The van der Waals surface area contributed by atoms with Gasteiger partial charge in [-0.2, -0.15) is 5.10 Å². The maximum atomic E-state index is 13.2. The third kappa shape index (κ3) is 2.67. The zero-order valence-corrected chi connectivity index (χ0v) is 13.9. The molecule has 1 aromatic heterocycles. The van der Waals surface area contributed by atoms with Crippen LogP contribution in [-0.2, 0) is 4.79 Å². The molecule has 0 unspecified atom stereocenters. The number of hydrogen-bond donors (Lipinski definition) is 2. The number of aromatic hydroxyl groups is 1. The highest BCUT2D eigenvalue weighted by Gasteiger charge is 2.30. The van der Waals surface area contributed by atoms with E-state index in [4.69, 9.17) is 4.74 Å². The van der Waals surface area contributed by atoms with Gasteiger partial charge in [0.25, 0.3) is 0 Å². The van der Waals surface area contributed by atoms with E-state index in [0.29, 0.717) is 17.3 Å². The van der Waals surface area contributed by atoms with Crippen molar-refractivity contribution in [1.29, 1.82) is 0 Å². The number of hydrogen-bond acceptors (Lipinski definition) is 4. The summed E-state index contributed by atoms with van der Waals surface area (Å²) in [5.74, 6) is 0.199. The Labute approximate surface area is 148 Å². The molecule has 1 atom stereocenters. The summed E-state index contributed by atoms with van der Waals surface area (Å²) in [5.41, 5.74) is 2.27. The number of phenols is 1. The van der Waals surface area contributed by atoms with Crippen LogP contribution in [0, 0.1) is 5.82 Å². The van der Waals surface area contributed by atoms with Crippen LogP contribution in [-0.4, -0.2) is 27.9 Å². The molecule has 4 rings (SSSR count). The van der Waals surface area contributed by atoms with Crippen LogP contribution in [0.25, 0.3) is 5.69 Å². The quantitative estimate of drug-likeness (QED) is 0.758. The molecule has 0 radical (unpaired) electrons. The number of phenolic OH excluding ortho intramolecular Hbond substituents is 1. The lowest BCUT2D eigenvalue weighted by atomic mass is 9.87. The Morgan fingerprint density at radius 3 is 2.73 bits per heavy atom. The molecule has 1 aliphatic rings. The van der Waals surface area contributed by atoms with Gasteiger partial charge in [0.2, 0.25) is 5.91 Å². The van der Waals surface area contributed by atoms with Gasteiger partial charge in [-0.3, -0.25) is 4.79 Å². The molecule has 0 bridgehead atoms. The van der Waals surface area contributed by atoms with Gasteiger partial charge >= 0.3 is 0 Å². The normalized spacial score (nSPS) is 16.1. The van der Waals surface area contributed by atoms with E-state index >= 15 is 0 Å². The summed E-state index contributed by atoms with van der Waals surface area (Å²) in [6, 6.07) is 11.0. The number of benzene rings is 2. The van der Waals surface area contributed by atoms with Crippen molar-refractivity contribution in [2.24, 2.45) is 0 Å². The Kier molecular flexibility index (Phi) is 3.84. The zero-order chi connectivity index (χ0) is 18.3. The van der Waals surface area contributed by atoms with Gasteiger partial charge in [0, 0.05) is 17.9 Å². The first-order chi connectivity index (χ1) is 12.6. The maximum absolute atomic E-state index is 13.2. The second-order valence-electron chi connectivity index (χ2n) is 6.07. The number of halogens is 1. The number of fused-ring (bicyclic) bond motifs is 1. The number of methoxy groups -OCH3 is 1. The highest BCUT2D eigenvalue weighted by molar-refractivity contribution is 5.94. The summed E-state index contributed by atoms with van der Waals surface area (Å²) in [6.07, 6.45) is 1.93. The predicted octanol–water partition coefficient (Wildman–Crippen LogP) is 3.20. The number of nitrogens with one attached hydrogen (secondary N) is 1. The number of aromatic nitrogens is 2. The average molecular weight is 353 g/mol. The van der Waals surface area contributed by atoms with E-state index < -0.39 is 0 Å². The molecule has 26 heavy (non-hydrogen) atoms.